The lowest BCUT2D eigenvalue weighted by molar-refractivity contribution is -0.384. The molecule has 0 unspecified atom stereocenters. The number of non-ortho nitro benzene ring substituents is 1. The number of hydrogen-bond acceptors (Lipinski definition) is 5. The summed E-state index contributed by atoms with van der Waals surface area (Å²) in [5, 5.41) is 10.8. The maximum atomic E-state index is 12.1. The predicted molar refractivity (Wildman–Crippen MR) is 134 cm³/mol. The second-order valence-corrected chi connectivity index (χ2v) is 9.98. The van der Waals surface area contributed by atoms with Crippen LogP contribution in [0.25, 0.3) is 0 Å². The molecule has 184 valence electrons. The number of carbonyl (C=O) groups excluding carboxylic acids is 1. The lowest BCUT2D eigenvalue weighted by Gasteiger charge is -2.45. The van der Waals surface area contributed by atoms with E-state index in [0.29, 0.717) is 6.61 Å². The van der Waals surface area contributed by atoms with Crippen molar-refractivity contribution in [3.8, 4) is 5.75 Å². The van der Waals surface area contributed by atoms with Gasteiger partial charge in [0.25, 0.3) is 5.69 Å². The number of aryl methyl sites for hydroxylation is 2. The smallest absolute Gasteiger partial charge is 0.269 e. The zero-order chi connectivity index (χ0) is 24.7. The number of hydrogen-bond donors (Lipinski definition) is 0. The minimum absolute atomic E-state index is 0.116. The Kier molecular flexibility index (Phi) is 8.67. The quantitative estimate of drug-likeness (QED) is 0.195. The monoisotopic (exact) mass is 467 g/mol. The third-order valence-electron chi connectivity index (χ3n) is 6.85. The molecule has 0 atom stereocenters. The highest BCUT2D eigenvalue weighted by atomic mass is 16.6. The summed E-state index contributed by atoms with van der Waals surface area (Å²) in [6.45, 7) is 11.6. The molecule has 0 radical (unpaired) electrons. The first-order valence-electron chi connectivity index (χ1n) is 12.1. The lowest BCUT2D eigenvalue weighted by atomic mass is 9.91. The van der Waals surface area contributed by atoms with Gasteiger partial charge in [-0.25, -0.2) is 0 Å². The number of amides is 1. The summed E-state index contributed by atoms with van der Waals surface area (Å²) < 4.78 is 6.01. The van der Waals surface area contributed by atoms with E-state index >= 15 is 0 Å². The van der Waals surface area contributed by atoms with Crippen LogP contribution in [0.15, 0.2) is 42.5 Å². The van der Waals surface area contributed by atoms with Crippen molar-refractivity contribution in [2.75, 3.05) is 19.7 Å². The van der Waals surface area contributed by atoms with Gasteiger partial charge >= 0.3 is 0 Å². The molecule has 0 spiro atoms. The Morgan fingerprint density at radius 1 is 1.15 bits per heavy atom. The lowest BCUT2D eigenvalue weighted by Crippen LogP contribution is -2.53. The molecule has 1 aliphatic rings. The van der Waals surface area contributed by atoms with Gasteiger partial charge in [-0.05, 0) is 76.1 Å². The Hall–Kier alpha value is -2.93. The molecule has 34 heavy (non-hydrogen) atoms. The van der Waals surface area contributed by atoms with Gasteiger partial charge in [-0.1, -0.05) is 24.3 Å². The van der Waals surface area contributed by atoms with Crippen molar-refractivity contribution in [1.29, 1.82) is 0 Å². The van der Waals surface area contributed by atoms with Crippen LogP contribution in [-0.2, 0) is 11.3 Å². The Balaban J connectivity index is 1.47. The molecule has 2 aromatic carbocycles. The first kappa shape index (κ1) is 25.7. The number of rotatable bonds is 11. The van der Waals surface area contributed by atoms with Crippen molar-refractivity contribution in [1.82, 2.24) is 9.80 Å². The Bertz CT molecular complexity index is 966. The van der Waals surface area contributed by atoms with Gasteiger partial charge in [0.2, 0.25) is 6.41 Å². The van der Waals surface area contributed by atoms with Crippen LogP contribution in [0, 0.1) is 24.0 Å². The molecule has 0 aromatic heterocycles. The number of benzene rings is 2. The van der Waals surface area contributed by atoms with E-state index in [-0.39, 0.29) is 22.2 Å². The molecule has 1 aliphatic heterocycles. The summed E-state index contributed by atoms with van der Waals surface area (Å²) in [5.74, 6) is 0.936. The van der Waals surface area contributed by atoms with Gasteiger partial charge in [0.15, 0.2) is 0 Å². The van der Waals surface area contributed by atoms with Crippen LogP contribution < -0.4 is 4.74 Å². The number of ether oxygens (including phenoxy) is 1. The Labute approximate surface area is 202 Å². The van der Waals surface area contributed by atoms with E-state index in [1.807, 2.05) is 17.0 Å². The van der Waals surface area contributed by atoms with E-state index in [1.165, 1.54) is 5.56 Å². The van der Waals surface area contributed by atoms with Crippen LogP contribution in [0.1, 0.15) is 56.2 Å². The molecule has 1 amide bonds. The van der Waals surface area contributed by atoms with Gasteiger partial charge in [0.1, 0.15) is 5.75 Å². The first-order valence-corrected chi connectivity index (χ1v) is 12.1. The molecule has 1 heterocycles. The molecule has 0 saturated carbocycles. The van der Waals surface area contributed by atoms with Crippen molar-refractivity contribution in [2.45, 2.75) is 71.5 Å². The average Bonchev–Trinajstić information content (AvgIpc) is 2.80. The Morgan fingerprint density at radius 3 is 2.44 bits per heavy atom. The van der Waals surface area contributed by atoms with E-state index in [9.17, 15) is 14.9 Å². The molecule has 0 bridgehead atoms. The highest BCUT2D eigenvalue weighted by molar-refractivity contribution is 5.49. The minimum Gasteiger partial charge on any atom is -0.493 e. The minimum atomic E-state index is -0.374. The maximum Gasteiger partial charge on any atom is 0.269 e. The Morgan fingerprint density at radius 2 is 1.82 bits per heavy atom. The van der Waals surface area contributed by atoms with Crippen molar-refractivity contribution in [2.24, 2.45) is 0 Å². The van der Waals surface area contributed by atoms with Crippen LogP contribution in [0.2, 0.25) is 0 Å². The van der Waals surface area contributed by atoms with Crippen molar-refractivity contribution < 1.29 is 14.5 Å². The number of nitro groups is 1. The van der Waals surface area contributed by atoms with Gasteiger partial charge in [-0.2, -0.15) is 0 Å². The van der Waals surface area contributed by atoms with Gasteiger partial charge in [-0.3, -0.25) is 19.8 Å². The van der Waals surface area contributed by atoms with Crippen molar-refractivity contribution >= 4 is 12.1 Å². The summed E-state index contributed by atoms with van der Waals surface area (Å²) in [7, 11) is 0. The van der Waals surface area contributed by atoms with E-state index in [0.717, 1.165) is 68.6 Å². The number of carbonyl (C=O) groups is 1. The van der Waals surface area contributed by atoms with Crippen LogP contribution in [0.5, 0.6) is 5.75 Å². The molecule has 7 heteroatoms. The summed E-state index contributed by atoms with van der Waals surface area (Å²) in [6, 6.07) is 13.2. The van der Waals surface area contributed by atoms with Gasteiger partial charge in [0.05, 0.1) is 11.5 Å². The highest BCUT2D eigenvalue weighted by Gasteiger charge is 2.33. The van der Waals surface area contributed by atoms with Crippen LogP contribution >= 0.6 is 0 Å². The first-order chi connectivity index (χ1) is 16.2. The number of piperidine rings is 1. The number of nitrogens with zero attached hydrogens (tertiary/aromatic N) is 3. The third-order valence-corrected chi connectivity index (χ3v) is 6.85. The van der Waals surface area contributed by atoms with E-state index in [1.54, 1.807) is 12.1 Å². The second kappa shape index (κ2) is 11.5. The predicted octanol–water partition coefficient (Wildman–Crippen LogP) is 5.27. The van der Waals surface area contributed by atoms with Crippen LogP contribution in [0.3, 0.4) is 0 Å². The van der Waals surface area contributed by atoms with Crippen LogP contribution in [0.4, 0.5) is 5.69 Å². The normalized spacial score (nSPS) is 15.2. The molecular formula is C27H37N3O4. The zero-order valence-electron chi connectivity index (χ0n) is 20.8. The fourth-order valence-electron chi connectivity index (χ4n) is 4.74. The molecule has 7 nitrogen and oxygen atoms in total. The molecule has 3 rings (SSSR count). The average molecular weight is 468 g/mol. The molecular weight excluding hydrogens is 430 g/mol. The van der Waals surface area contributed by atoms with E-state index < -0.39 is 0 Å². The van der Waals surface area contributed by atoms with Crippen LogP contribution in [-0.4, -0.2) is 52.4 Å². The zero-order valence-corrected chi connectivity index (χ0v) is 20.8. The van der Waals surface area contributed by atoms with Gasteiger partial charge < -0.3 is 9.64 Å². The van der Waals surface area contributed by atoms with Gasteiger partial charge in [-0.15, -0.1) is 0 Å². The third kappa shape index (κ3) is 6.79. The summed E-state index contributed by atoms with van der Waals surface area (Å²) >= 11 is 0. The molecule has 1 fully saturated rings. The van der Waals surface area contributed by atoms with E-state index in [2.05, 4.69) is 50.8 Å². The summed E-state index contributed by atoms with van der Waals surface area (Å²) in [6.07, 6.45) is 4.62. The topological polar surface area (TPSA) is 75.9 Å². The maximum absolute atomic E-state index is 12.1. The fraction of sp³-hybridized carbons (Fsp3) is 0.519. The summed E-state index contributed by atoms with van der Waals surface area (Å²) in [4.78, 5) is 26.9. The van der Waals surface area contributed by atoms with E-state index in [4.69, 9.17) is 4.74 Å². The van der Waals surface area contributed by atoms with Crippen molar-refractivity contribution in [3.63, 3.8) is 0 Å². The summed E-state index contributed by atoms with van der Waals surface area (Å²) in [5.41, 5.74) is 3.27. The highest BCUT2D eigenvalue weighted by Crippen LogP contribution is 2.28. The second-order valence-electron chi connectivity index (χ2n) is 9.98. The molecule has 0 aliphatic carbocycles. The number of nitro benzene ring substituents is 1. The largest absolute Gasteiger partial charge is 0.493 e. The molecule has 0 N–H and O–H groups in total. The number of likely N-dealkylation sites (tertiary alicyclic amines) is 1. The standard InChI is InChI=1S/C27H37N3O4/c1-21-6-7-22(2)26(18-21)34-17-5-14-27(3,4)29(20-31)24-12-15-28(16-13-24)19-23-8-10-25(11-9-23)30(32)33/h6-11,18,20,24H,5,12-17,19H2,1-4H3. The van der Waals surface area contributed by atoms with Crippen molar-refractivity contribution in [3.05, 3.63) is 69.3 Å². The molecule has 2 aromatic rings. The molecule has 1 saturated heterocycles. The SMILES string of the molecule is Cc1ccc(C)c(OCCCC(C)(C)N(C=O)C2CCN(Cc3ccc([N+](=O)[O-])cc3)CC2)c1. The van der Waals surface area contributed by atoms with Gasteiger partial charge in [0, 0.05) is 43.3 Å². The fourth-order valence-corrected chi connectivity index (χ4v) is 4.74.